The van der Waals surface area contributed by atoms with Crippen LogP contribution in [0.25, 0.3) is 0 Å². The van der Waals surface area contributed by atoms with Crippen LogP contribution in [0.4, 0.5) is 27.8 Å². The topological polar surface area (TPSA) is 86.2 Å². The van der Waals surface area contributed by atoms with Gasteiger partial charge in [0, 0.05) is 45.8 Å². The summed E-state index contributed by atoms with van der Waals surface area (Å²) in [4.78, 5) is 34.3. The second-order valence-electron chi connectivity index (χ2n) is 11.2. The number of ether oxygens (including phenoxy) is 1. The molecule has 0 bridgehead atoms. The van der Waals surface area contributed by atoms with Crippen LogP contribution in [0.1, 0.15) is 48.0 Å². The van der Waals surface area contributed by atoms with Gasteiger partial charge in [0.25, 0.3) is 17.4 Å². The molecule has 3 heterocycles. The zero-order valence-corrected chi connectivity index (χ0v) is 24.5. The molecule has 0 unspecified atom stereocenters. The predicted molar refractivity (Wildman–Crippen MR) is 149 cm³/mol. The second-order valence-corrected chi connectivity index (χ2v) is 11.6. The van der Waals surface area contributed by atoms with Gasteiger partial charge in [0.1, 0.15) is 16.7 Å². The number of carbonyl (C=O) groups is 2. The molecule has 2 aliphatic rings. The van der Waals surface area contributed by atoms with E-state index in [4.69, 9.17) is 11.6 Å². The zero-order chi connectivity index (χ0) is 31.5. The molecule has 0 radical (unpaired) electrons. The normalized spacial score (nSPS) is 18.5. The number of pyridine rings is 1. The number of rotatable bonds is 8. The lowest BCUT2D eigenvalue weighted by molar-refractivity contribution is -0.262. The number of anilines is 1. The Labute approximate surface area is 251 Å². The molecule has 236 valence electrons. The first kappa shape index (κ1) is 32.7. The average molecular weight is 633 g/mol. The Morgan fingerprint density at radius 1 is 1.05 bits per heavy atom. The average Bonchev–Trinajstić information content (AvgIpc) is 2.96. The van der Waals surface area contributed by atoms with Gasteiger partial charge in [0.15, 0.2) is 0 Å². The number of benzene rings is 1. The van der Waals surface area contributed by atoms with Crippen molar-refractivity contribution in [2.24, 2.45) is 11.8 Å². The number of aliphatic hydroxyl groups is 1. The Hall–Kier alpha value is -3.19. The first-order chi connectivity index (χ1) is 20.2. The van der Waals surface area contributed by atoms with Crippen molar-refractivity contribution >= 4 is 29.2 Å². The standard InChI is InChI=1S/C29H34ClF5N4O4/c1-37(2)25(40)22-6-7-23(36-24(22)30)38-12-8-18(9-13-38)16-19-10-14-39(15-11-19)26(41)28(42,29(33,34)35)20-4-3-5-21(17-20)43-27(31)32/h3-7,17-19,27,42H,8-16H2,1-2H3/t28-/m1/s1. The van der Waals surface area contributed by atoms with Gasteiger partial charge < -0.3 is 24.5 Å². The zero-order valence-electron chi connectivity index (χ0n) is 23.8. The van der Waals surface area contributed by atoms with E-state index in [1.165, 1.54) is 4.90 Å². The van der Waals surface area contributed by atoms with Crippen LogP contribution in [0.3, 0.4) is 0 Å². The van der Waals surface area contributed by atoms with Crippen molar-refractivity contribution in [3.63, 3.8) is 0 Å². The van der Waals surface area contributed by atoms with Crippen molar-refractivity contribution in [1.29, 1.82) is 0 Å². The van der Waals surface area contributed by atoms with Gasteiger partial charge in [-0.2, -0.15) is 22.0 Å². The van der Waals surface area contributed by atoms with Gasteiger partial charge in [0.05, 0.1) is 5.56 Å². The minimum absolute atomic E-state index is 0.0361. The summed E-state index contributed by atoms with van der Waals surface area (Å²) in [6.07, 6.45) is -1.82. The van der Waals surface area contributed by atoms with Crippen molar-refractivity contribution in [3.05, 3.63) is 52.7 Å². The number of nitrogens with zero attached hydrogens (tertiary/aromatic N) is 4. The lowest BCUT2D eigenvalue weighted by atomic mass is 9.82. The summed E-state index contributed by atoms with van der Waals surface area (Å²) in [5, 5.41) is 10.9. The van der Waals surface area contributed by atoms with E-state index < -0.39 is 35.6 Å². The molecule has 2 fully saturated rings. The summed E-state index contributed by atoms with van der Waals surface area (Å²) in [5.74, 6) is -1.08. The van der Waals surface area contributed by atoms with Crippen LogP contribution < -0.4 is 9.64 Å². The van der Waals surface area contributed by atoms with Crippen LogP contribution in [0.15, 0.2) is 36.4 Å². The molecule has 0 spiro atoms. The highest BCUT2D eigenvalue weighted by molar-refractivity contribution is 6.32. The molecule has 0 aliphatic carbocycles. The largest absolute Gasteiger partial charge is 0.435 e. The highest BCUT2D eigenvalue weighted by atomic mass is 35.5. The molecular weight excluding hydrogens is 599 g/mol. The molecule has 0 saturated carbocycles. The van der Waals surface area contributed by atoms with Crippen molar-refractivity contribution in [3.8, 4) is 5.75 Å². The van der Waals surface area contributed by atoms with Gasteiger partial charge in [-0.25, -0.2) is 4.98 Å². The van der Waals surface area contributed by atoms with Gasteiger partial charge >= 0.3 is 12.8 Å². The number of hydrogen-bond acceptors (Lipinski definition) is 6. The number of piperidine rings is 2. The van der Waals surface area contributed by atoms with Crippen LogP contribution in [0.5, 0.6) is 5.75 Å². The van der Waals surface area contributed by atoms with Gasteiger partial charge in [-0.1, -0.05) is 23.7 Å². The molecule has 4 rings (SSSR count). The van der Waals surface area contributed by atoms with E-state index in [9.17, 15) is 36.6 Å². The van der Waals surface area contributed by atoms with E-state index in [2.05, 4.69) is 14.6 Å². The summed E-state index contributed by atoms with van der Waals surface area (Å²) < 4.78 is 71.7. The third-order valence-corrected chi connectivity index (χ3v) is 8.46. The lowest BCUT2D eigenvalue weighted by Crippen LogP contribution is -2.57. The number of amides is 2. The Bertz CT molecular complexity index is 1300. The van der Waals surface area contributed by atoms with Gasteiger partial charge in [-0.05, 0) is 68.2 Å². The SMILES string of the molecule is CN(C)C(=O)c1ccc(N2CCC(CC3CCN(C(=O)[C@](O)(c4cccc(OC(F)F)c4)C(F)(F)F)CC3)CC2)nc1Cl. The summed E-state index contributed by atoms with van der Waals surface area (Å²) in [5.41, 5.74) is -4.45. The first-order valence-corrected chi connectivity index (χ1v) is 14.4. The van der Waals surface area contributed by atoms with Crippen LogP contribution in [-0.4, -0.2) is 84.8 Å². The molecule has 2 amide bonds. The van der Waals surface area contributed by atoms with Crippen molar-refractivity contribution in [2.75, 3.05) is 45.2 Å². The highest BCUT2D eigenvalue weighted by Crippen LogP contribution is 2.42. The molecular formula is C29H34ClF5N4O4. The number of alkyl halides is 5. The smallest absolute Gasteiger partial charge is 0.430 e. The molecule has 43 heavy (non-hydrogen) atoms. The summed E-state index contributed by atoms with van der Waals surface area (Å²) in [6, 6.07) is 6.95. The maximum absolute atomic E-state index is 14.1. The fraction of sp³-hybridized carbons (Fsp3) is 0.552. The van der Waals surface area contributed by atoms with E-state index in [1.807, 2.05) is 0 Å². The first-order valence-electron chi connectivity index (χ1n) is 14.0. The van der Waals surface area contributed by atoms with Crippen LogP contribution in [0, 0.1) is 11.8 Å². The van der Waals surface area contributed by atoms with E-state index in [1.54, 1.807) is 26.2 Å². The van der Waals surface area contributed by atoms with Gasteiger partial charge in [-0.15, -0.1) is 0 Å². The van der Waals surface area contributed by atoms with E-state index in [0.29, 0.717) is 36.2 Å². The molecule has 8 nitrogen and oxygen atoms in total. The van der Waals surface area contributed by atoms with Crippen LogP contribution in [0.2, 0.25) is 5.15 Å². The molecule has 14 heteroatoms. The van der Waals surface area contributed by atoms with Crippen molar-refractivity contribution in [2.45, 2.75) is 50.5 Å². The Kier molecular flexibility index (Phi) is 10.1. The van der Waals surface area contributed by atoms with E-state index >= 15 is 0 Å². The Morgan fingerprint density at radius 3 is 2.19 bits per heavy atom. The third kappa shape index (κ3) is 7.31. The minimum Gasteiger partial charge on any atom is -0.435 e. The number of aromatic nitrogens is 1. The Morgan fingerprint density at radius 2 is 1.65 bits per heavy atom. The predicted octanol–water partition coefficient (Wildman–Crippen LogP) is 5.33. The molecule has 1 aromatic carbocycles. The second kappa shape index (κ2) is 13.2. The lowest BCUT2D eigenvalue weighted by Gasteiger charge is -2.40. The monoisotopic (exact) mass is 632 g/mol. The number of hydrogen-bond donors (Lipinski definition) is 1. The number of likely N-dealkylation sites (tertiary alicyclic amines) is 1. The summed E-state index contributed by atoms with van der Waals surface area (Å²) in [6.45, 7) is -1.74. The maximum atomic E-state index is 14.1. The summed E-state index contributed by atoms with van der Waals surface area (Å²) in [7, 11) is 3.27. The fourth-order valence-electron chi connectivity index (χ4n) is 5.78. The molecule has 1 aromatic heterocycles. The molecule has 2 aliphatic heterocycles. The van der Waals surface area contributed by atoms with Crippen molar-refractivity contribution in [1.82, 2.24) is 14.8 Å². The van der Waals surface area contributed by atoms with Gasteiger partial charge in [0.2, 0.25) is 0 Å². The maximum Gasteiger partial charge on any atom is 0.430 e. The number of carbonyl (C=O) groups excluding carboxylic acids is 2. The Balaban J connectivity index is 1.32. The van der Waals surface area contributed by atoms with Crippen molar-refractivity contribution < 1.29 is 41.4 Å². The van der Waals surface area contributed by atoms with Crippen LogP contribution in [-0.2, 0) is 10.4 Å². The third-order valence-electron chi connectivity index (χ3n) is 8.17. The molecule has 1 atom stereocenters. The van der Waals surface area contributed by atoms with E-state index in [-0.39, 0.29) is 30.1 Å². The van der Waals surface area contributed by atoms with E-state index in [0.717, 1.165) is 55.5 Å². The summed E-state index contributed by atoms with van der Waals surface area (Å²) >= 11 is 6.27. The van der Waals surface area contributed by atoms with Crippen LogP contribution >= 0.6 is 11.6 Å². The molecule has 1 N–H and O–H groups in total. The number of halogens is 6. The minimum atomic E-state index is -5.39. The molecule has 2 aromatic rings. The van der Waals surface area contributed by atoms with Gasteiger partial charge in [-0.3, -0.25) is 9.59 Å². The fourth-order valence-corrected chi connectivity index (χ4v) is 6.01. The molecule has 2 saturated heterocycles. The quantitative estimate of drug-likeness (QED) is 0.313. The highest BCUT2D eigenvalue weighted by Gasteiger charge is 2.62.